The quantitative estimate of drug-likeness (QED) is 0.545. The third-order valence-electron chi connectivity index (χ3n) is 2.75. The van der Waals surface area contributed by atoms with E-state index in [4.69, 9.17) is 9.84 Å². The summed E-state index contributed by atoms with van der Waals surface area (Å²) in [5, 5.41) is 11.9. The normalized spacial score (nSPS) is 12.1. The van der Waals surface area contributed by atoms with Gasteiger partial charge in [0.2, 0.25) is 0 Å². The molecule has 0 amide bonds. The second kappa shape index (κ2) is 8.66. The van der Waals surface area contributed by atoms with Crippen molar-refractivity contribution < 1.29 is 14.6 Å². The molecule has 18 heavy (non-hydrogen) atoms. The molecule has 0 radical (unpaired) electrons. The maximum Gasteiger partial charge on any atom is 0.327 e. The van der Waals surface area contributed by atoms with Gasteiger partial charge < -0.3 is 15.2 Å². The molecule has 1 atom stereocenters. The SMILES string of the molecule is COC(=O)C(NCCCCCO)c1ccccc1. The number of nitrogens with one attached hydrogen (secondary N) is 1. The predicted octanol–water partition coefficient (Wildman–Crippen LogP) is 1.65. The van der Waals surface area contributed by atoms with Crippen LogP contribution >= 0.6 is 0 Å². The van der Waals surface area contributed by atoms with Crippen LogP contribution in [-0.4, -0.2) is 31.3 Å². The van der Waals surface area contributed by atoms with Gasteiger partial charge >= 0.3 is 5.97 Å². The predicted molar refractivity (Wildman–Crippen MR) is 70.1 cm³/mol. The average Bonchev–Trinajstić information content (AvgIpc) is 2.43. The number of hydrogen-bond acceptors (Lipinski definition) is 4. The number of rotatable bonds is 8. The number of esters is 1. The van der Waals surface area contributed by atoms with Crippen LogP contribution in [0, 0.1) is 0 Å². The van der Waals surface area contributed by atoms with E-state index in [0.717, 1.165) is 31.4 Å². The van der Waals surface area contributed by atoms with Crippen LogP contribution in [0.5, 0.6) is 0 Å². The fourth-order valence-electron chi connectivity index (χ4n) is 1.76. The van der Waals surface area contributed by atoms with Gasteiger partial charge in [-0.25, -0.2) is 4.79 Å². The van der Waals surface area contributed by atoms with Crippen LogP contribution in [0.15, 0.2) is 30.3 Å². The van der Waals surface area contributed by atoms with Crippen molar-refractivity contribution in [2.24, 2.45) is 0 Å². The fraction of sp³-hybridized carbons (Fsp3) is 0.500. The van der Waals surface area contributed by atoms with E-state index < -0.39 is 6.04 Å². The summed E-state index contributed by atoms with van der Waals surface area (Å²) in [4.78, 5) is 11.7. The Kier molecular flexibility index (Phi) is 7.06. The minimum Gasteiger partial charge on any atom is -0.468 e. The van der Waals surface area contributed by atoms with Gasteiger partial charge in [-0.1, -0.05) is 30.3 Å². The van der Waals surface area contributed by atoms with E-state index in [2.05, 4.69) is 5.32 Å². The molecule has 4 nitrogen and oxygen atoms in total. The minimum absolute atomic E-state index is 0.221. The molecule has 0 spiro atoms. The Bertz CT molecular complexity index is 340. The third-order valence-corrected chi connectivity index (χ3v) is 2.75. The number of methoxy groups -OCH3 is 1. The zero-order valence-electron chi connectivity index (χ0n) is 10.8. The Morgan fingerprint density at radius 1 is 1.28 bits per heavy atom. The van der Waals surface area contributed by atoms with E-state index in [1.54, 1.807) is 0 Å². The van der Waals surface area contributed by atoms with Gasteiger partial charge in [-0.15, -0.1) is 0 Å². The number of aliphatic hydroxyl groups is 1. The van der Waals surface area contributed by atoms with Gasteiger partial charge in [0, 0.05) is 6.61 Å². The minimum atomic E-state index is -0.412. The Balaban J connectivity index is 2.50. The highest BCUT2D eigenvalue weighted by atomic mass is 16.5. The first-order valence-corrected chi connectivity index (χ1v) is 6.26. The number of carbonyl (C=O) groups excluding carboxylic acids is 1. The molecule has 0 aliphatic carbocycles. The molecule has 0 aliphatic rings. The summed E-state index contributed by atoms with van der Waals surface area (Å²) < 4.78 is 4.80. The van der Waals surface area contributed by atoms with Crippen LogP contribution < -0.4 is 5.32 Å². The Morgan fingerprint density at radius 3 is 2.61 bits per heavy atom. The summed E-state index contributed by atoms with van der Waals surface area (Å²) >= 11 is 0. The molecular weight excluding hydrogens is 230 g/mol. The highest BCUT2D eigenvalue weighted by Crippen LogP contribution is 2.14. The second-order valence-electron chi connectivity index (χ2n) is 4.11. The third kappa shape index (κ3) is 4.85. The summed E-state index contributed by atoms with van der Waals surface area (Å²) in [5.41, 5.74) is 0.909. The molecule has 1 aromatic carbocycles. The molecule has 0 aliphatic heterocycles. The molecule has 1 unspecified atom stereocenters. The van der Waals surface area contributed by atoms with E-state index in [9.17, 15) is 4.79 Å². The summed E-state index contributed by atoms with van der Waals surface area (Å²) in [7, 11) is 1.39. The van der Waals surface area contributed by atoms with Crippen LogP contribution in [0.25, 0.3) is 0 Å². The lowest BCUT2D eigenvalue weighted by Crippen LogP contribution is -2.30. The maximum atomic E-state index is 11.7. The zero-order valence-corrected chi connectivity index (χ0v) is 10.8. The van der Waals surface area contributed by atoms with Crippen molar-refractivity contribution >= 4 is 5.97 Å². The largest absolute Gasteiger partial charge is 0.468 e. The van der Waals surface area contributed by atoms with E-state index in [1.807, 2.05) is 30.3 Å². The number of benzene rings is 1. The first-order valence-electron chi connectivity index (χ1n) is 6.26. The molecule has 0 saturated carbocycles. The number of aliphatic hydroxyl groups excluding tert-OH is 1. The molecule has 0 saturated heterocycles. The van der Waals surface area contributed by atoms with Gasteiger partial charge in [-0.3, -0.25) is 0 Å². The standard InChI is InChI=1S/C14H21NO3/c1-18-14(17)13(12-8-4-2-5-9-12)15-10-6-3-7-11-16/h2,4-5,8-9,13,15-16H,3,6-7,10-11H2,1H3. The number of carbonyl (C=O) groups is 1. The number of unbranched alkanes of at least 4 members (excludes halogenated alkanes) is 2. The number of hydrogen-bond donors (Lipinski definition) is 2. The van der Waals surface area contributed by atoms with Gasteiger partial charge in [0.05, 0.1) is 7.11 Å². The average molecular weight is 251 g/mol. The zero-order chi connectivity index (χ0) is 13.2. The first kappa shape index (κ1) is 14.7. The molecule has 1 aromatic rings. The highest BCUT2D eigenvalue weighted by molar-refractivity contribution is 5.77. The highest BCUT2D eigenvalue weighted by Gasteiger charge is 2.19. The lowest BCUT2D eigenvalue weighted by atomic mass is 10.1. The topological polar surface area (TPSA) is 58.6 Å². The Labute approximate surface area is 108 Å². The van der Waals surface area contributed by atoms with E-state index >= 15 is 0 Å². The molecule has 0 fully saturated rings. The lowest BCUT2D eigenvalue weighted by Gasteiger charge is -2.16. The summed E-state index contributed by atoms with van der Waals surface area (Å²) in [6, 6.07) is 9.12. The molecule has 0 bridgehead atoms. The van der Waals surface area contributed by atoms with Crippen molar-refractivity contribution in [1.82, 2.24) is 5.32 Å². The van der Waals surface area contributed by atoms with Crippen molar-refractivity contribution in [3.05, 3.63) is 35.9 Å². The molecule has 0 heterocycles. The first-order chi connectivity index (χ1) is 8.79. The Morgan fingerprint density at radius 2 is 2.00 bits per heavy atom. The van der Waals surface area contributed by atoms with Crippen molar-refractivity contribution in [1.29, 1.82) is 0 Å². The van der Waals surface area contributed by atoms with Crippen LogP contribution in [0.2, 0.25) is 0 Å². The molecular formula is C14H21NO3. The van der Waals surface area contributed by atoms with E-state index in [-0.39, 0.29) is 12.6 Å². The smallest absolute Gasteiger partial charge is 0.327 e. The van der Waals surface area contributed by atoms with Gasteiger partial charge in [-0.05, 0) is 31.4 Å². The van der Waals surface area contributed by atoms with Crippen molar-refractivity contribution in [3.8, 4) is 0 Å². The van der Waals surface area contributed by atoms with E-state index in [0.29, 0.717) is 0 Å². The summed E-state index contributed by atoms with van der Waals surface area (Å²) in [6.45, 7) is 0.952. The van der Waals surface area contributed by atoms with Gasteiger partial charge in [-0.2, -0.15) is 0 Å². The summed E-state index contributed by atoms with van der Waals surface area (Å²) in [5.74, 6) is -0.275. The Hall–Kier alpha value is -1.39. The fourth-order valence-corrected chi connectivity index (χ4v) is 1.76. The van der Waals surface area contributed by atoms with Gasteiger partial charge in [0.15, 0.2) is 0 Å². The van der Waals surface area contributed by atoms with Crippen molar-refractivity contribution in [3.63, 3.8) is 0 Å². The van der Waals surface area contributed by atoms with Crippen molar-refractivity contribution in [2.45, 2.75) is 25.3 Å². The van der Waals surface area contributed by atoms with Crippen LogP contribution in [0.1, 0.15) is 30.9 Å². The monoisotopic (exact) mass is 251 g/mol. The van der Waals surface area contributed by atoms with E-state index in [1.165, 1.54) is 7.11 Å². The molecule has 1 rings (SSSR count). The van der Waals surface area contributed by atoms with Crippen LogP contribution in [-0.2, 0) is 9.53 Å². The summed E-state index contributed by atoms with van der Waals surface area (Å²) in [6.07, 6.45) is 2.68. The molecule has 100 valence electrons. The molecule has 0 aromatic heterocycles. The molecule has 4 heteroatoms. The number of ether oxygens (including phenoxy) is 1. The second-order valence-corrected chi connectivity index (χ2v) is 4.11. The van der Waals surface area contributed by atoms with Crippen LogP contribution in [0.3, 0.4) is 0 Å². The molecule has 2 N–H and O–H groups in total. The van der Waals surface area contributed by atoms with Gasteiger partial charge in [0.1, 0.15) is 6.04 Å². The van der Waals surface area contributed by atoms with Gasteiger partial charge in [0.25, 0.3) is 0 Å². The van der Waals surface area contributed by atoms with Crippen molar-refractivity contribution in [2.75, 3.05) is 20.3 Å². The maximum absolute atomic E-state index is 11.7. The van der Waals surface area contributed by atoms with Crippen LogP contribution in [0.4, 0.5) is 0 Å². The lowest BCUT2D eigenvalue weighted by molar-refractivity contribution is -0.143.